The van der Waals surface area contributed by atoms with Gasteiger partial charge in [-0.3, -0.25) is 9.59 Å². The third kappa shape index (κ3) is 5.73. The summed E-state index contributed by atoms with van der Waals surface area (Å²) < 4.78 is 7.01. The summed E-state index contributed by atoms with van der Waals surface area (Å²) in [4.78, 5) is 28.7. The Bertz CT molecular complexity index is 1190. The second kappa shape index (κ2) is 10.4. The minimum Gasteiger partial charge on any atom is -0.375 e. The zero-order valence-corrected chi connectivity index (χ0v) is 19.0. The highest BCUT2D eigenvalue weighted by atomic mass is 32.2. The van der Waals surface area contributed by atoms with Crippen molar-refractivity contribution in [3.05, 3.63) is 83.9 Å². The lowest BCUT2D eigenvalue weighted by molar-refractivity contribution is -0.119. The molecule has 0 bridgehead atoms. The Kier molecular flexibility index (Phi) is 7.16. The number of aromatic nitrogens is 1. The normalized spacial score (nSPS) is 10.8. The Balaban J connectivity index is 1.31. The molecule has 0 saturated carbocycles. The van der Waals surface area contributed by atoms with Crippen LogP contribution in [0, 0.1) is 0 Å². The molecule has 162 valence electrons. The Hall–Kier alpha value is -3.20. The highest BCUT2D eigenvalue weighted by Crippen LogP contribution is 2.31. The zero-order valence-electron chi connectivity index (χ0n) is 17.3. The van der Waals surface area contributed by atoms with E-state index in [1.807, 2.05) is 42.5 Å². The molecule has 0 aliphatic rings. The molecule has 0 atom stereocenters. The van der Waals surface area contributed by atoms with Crippen LogP contribution >= 0.6 is 23.1 Å². The van der Waals surface area contributed by atoms with Crippen molar-refractivity contribution in [2.45, 2.75) is 10.1 Å². The van der Waals surface area contributed by atoms with Gasteiger partial charge in [0.2, 0.25) is 5.91 Å². The molecular weight excluding hydrogens is 442 g/mol. The summed E-state index contributed by atoms with van der Waals surface area (Å²) in [7, 11) is 1.46. The quantitative estimate of drug-likeness (QED) is 0.341. The summed E-state index contributed by atoms with van der Waals surface area (Å²) in [6.45, 7) is -0.00636. The van der Waals surface area contributed by atoms with Crippen LogP contribution in [0.5, 0.6) is 0 Å². The predicted molar refractivity (Wildman–Crippen MR) is 131 cm³/mol. The van der Waals surface area contributed by atoms with Crippen molar-refractivity contribution in [1.29, 1.82) is 0 Å². The Morgan fingerprint density at radius 3 is 2.31 bits per heavy atom. The lowest BCUT2D eigenvalue weighted by atomic mass is 10.1. The number of nitrogens with one attached hydrogen (secondary N) is 2. The smallest absolute Gasteiger partial charge is 0.255 e. The van der Waals surface area contributed by atoms with Crippen LogP contribution in [0.2, 0.25) is 0 Å². The Morgan fingerprint density at radius 1 is 0.938 bits per heavy atom. The third-order valence-electron chi connectivity index (χ3n) is 4.55. The fraction of sp³-hybridized carbons (Fsp3) is 0.125. The van der Waals surface area contributed by atoms with Crippen LogP contribution in [-0.2, 0) is 15.3 Å². The monoisotopic (exact) mass is 463 g/mol. The van der Waals surface area contributed by atoms with Gasteiger partial charge in [-0.25, -0.2) is 4.98 Å². The first kappa shape index (κ1) is 22.0. The maximum atomic E-state index is 12.5. The fourth-order valence-corrected chi connectivity index (χ4v) is 5.00. The number of benzene rings is 3. The van der Waals surface area contributed by atoms with Crippen LogP contribution in [0.4, 0.5) is 11.4 Å². The summed E-state index contributed by atoms with van der Waals surface area (Å²) in [5, 5.41) is 5.58. The van der Waals surface area contributed by atoms with Gasteiger partial charge in [0.25, 0.3) is 5.91 Å². The number of rotatable bonds is 8. The van der Waals surface area contributed by atoms with Crippen LogP contribution in [-0.4, -0.2) is 30.5 Å². The van der Waals surface area contributed by atoms with Gasteiger partial charge in [0.15, 0.2) is 4.34 Å². The Morgan fingerprint density at radius 2 is 1.62 bits per heavy atom. The zero-order chi connectivity index (χ0) is 22.3. The van der Waals surface area contributed by atoms with Gasteiger partial charge in [-0.15, -0.1) is 11.3 Å². The van der Waals surface area contributed by atoms with Crippen molar-refractivity contribution >= 4 is 56.5 Å². The number of methoxy groups -OCH3 is 1. The molecular formula is C24H21N3O3S2. The van der Waals surface area contributed by atoms with E-state index in [9.17, 15) is 9.59 Å². The van der Waals surface area contributed by atoms with E-state index in [2.05, 4.69) is 21.7 Å². The summed E-state index contributed by atoms with van der Waals surface area (Å²) in [5.74, 6) is 0.370. The molecule has 2 N–H and O–H groups in total. The molecule has 0 fully saturated rings. The Labute approximate surface area is 194 Å². The summed E-state index contributed by atoms with van der Waals surface area (Å²) in [6.07, 6.45) is 0. The molecule has 0 aliphatic carbocycles. The fourth-order valence-electron chi connectivity index (χ4n) is 2.98. The molecule has 3 aromatic carbocycles. The number of thiazole rings is 1. The highest BCUT2D eigenvalue weighted by Gasteiger charge is 2.08. The van der Waals surface area contributed by atoms with Gasteiger partial charge in [0, 0.05) is 29.8 Å². The number of anilines is 2. The number of carbonyl (C=O) groups is 2. The van der Waals surface area contributed by atoms with Gasteiger partial charge in [-0.05, 0) is 54.1 Å². The van der Waals surface area contributed by atoms with E-state index in [1.54, 1.807) is 47.4 Å². The van der Waals surface area contributed by atoms with E-state index in [-0.39, 0.29) is 18.4 Å². The second-order valence-corrected chi connectivity index (χ2v) is 9.20. The van der Waals surface area contributed by atoms with Crippen LogP contribution in [0.25, 0.3) is 10.2 Å². The maximum Gasteiger partial charge on any atom is 0.255 e. The van der Waals surface area contributed by atoms with Crippen molar-refractivity contribution in [1.82, 2.24) is 4.98 Å². The van der Waals surface area contributed by atoms with Crippen molar-refractivity contribution in [3.8, 4) is 0 Å². The van der Waals surface area contributed by atoms with Gasteiger partial charge in [0.1, 0.15) is 6.61 Å². The minimum atomic E-state index is -0.231. The van der Waals surface area contributed by atoms with Gasteiger partial charge < -0.3 is 15.4 Å². The number of thioether (sulfide) groups is 1. The van der Waals surface area contributed by atoms with E-state index < -0.39 is 0 Å². The van der Waals surface area contributed by atoms with E-state index in [0.29, 0.717) is 16.9 Å². The molecule has 0 radical (unpaired) electrons. The molecule has 4 aromatic rings. The van der Waals surface area contributed by atoms with Gasteiger partial charge in [0.05, 0.1) is 10.2 Å². The molecule has 1 aromatic heterocycles. The van der Waals surface area contributed by atoms with Crippen LogP contribution in [0.3, 0.4) is 0 Å². The molecule has 0 unspecified atom stereocenters. The van der Waals surface area contributed by atoms with Crippen molar-refractivity contribution in [3.63, 3.8) is 0 Å². The molecule has 6 nitrogen and oxygen atoms in total. The molecule has 0 spiro atoms. The SMILES string of the molecule is COCC(=O)Nc1ccc(NC(=O)c2ccc(CSc3nc4ccccc4s3)cc2)cc1. The number of amides is 2. The van der Waals surface area contributed by atoms with Gasteiger partial charge >= 0.3 is 0 Å². The van der Waals surface area contributed by atoms with E-state index >= 15 is 0 Å². The van der Waals surface area contributed by atoms with Gasteiger partial charge in [-0.2, -0.15) is 0 Å². The summed E-state index contributed by atoms with van der Waals surface area (Å²) >= 11 is 3.38. The number of nitrogens with zero attached hydrogens (tertiary/aromatic N) is 1. The van der Waals surface area contributed by atoms with Gasteiger partial charge in [-0.1, -0.05) is 36.0 Å². The number of fused-ring (bicyclic) bond motifs is 1. The first-order chi connectivity index (χ1) is 15.6. The van der Waals surface area contributed by atoms with E-state index in [1.165, 1.54) is 11.8 Å². The number of hydrogen-bond donors (Lipinski definition) is 2. The van der Waals surface area contributed by atoms with E-state index in [0.717, 1.165) is 21.2 Å². The molecule has 2 amide bonds. The van der Waals surface area contributed by atoms with Crippen LogP contribution < -0.4 is 10.6 Å². The average Bonchev–Trinajstić information content (AvgIpc) is 3.22. The minimum absolute atomic E-state index is 0.00636. The standard InChI is InChI=1S/C24H21N3O3S2/c1-30-14-22(28)25-18-10-12-19(13-11-18)26-23(29)17-8-6-16(7-9-17)15-31-24-27-20-4-2-3-5-21(20)32-24/h2-13H,14-15H2,1H3,(H,25,28)(H,26,29). The molecule has 0 aliphatic heterocycles. The van der Waals surface area contributed by atoms with Crippen LogP contribution in [0.1, 0.15) is 15.9 Å². The highest BCUT2D eigenvalue weighted by molar-refractivity contribution is 8.00. The maximum absolute atomic E-state index is 12.5. The molecule has 32 heavy (non-hydrogen) atoms. The van der Waals surface area contributed by atoms with E-state index in [4.69, 9.17) is 4.74 Å². The molecule has 1 heterocycles. The number of hydrogen-bond acceptors (Lipinski definition) is 6. The number of carbonyl (C=O) groups excluding carboxylic acids is 2. The largest absolute Gasteiger partial charge is 0.375 e. The number of ether oxygens (including phenoxy) is 1. The second-order valence-electron chi connectivity index (χ2n) is 6.95. The first-order valence-corrected chi connectivity index (χ1v) is 11.7. The third-order valence-corrected chi connectivity index (χ3v) is 6.81. The molecule has 4 rings (SSSR count). The van der Waals surface area contributed by atoms with Crippen molar-refractivity contribution in [2.75, 3.05) is 24.4 Å². The lowest BCUT2D eigenvalue weighted by Crippen LogP contribution is -2.17. The predicted octanol–water partition coefficient (Wildman–Crippen LogP) is 5.43. The summed E-state index contributed by atoms with van der Waals surface area (Å²) in [5.41, 5.74) is 4.02. The lowest BCUT2D eigenvalue weighted by Gasteiger charge is -2.08. The first-order valence-electron chi connectivity index (χ1n) is 9.88. The van der Waals surface area contributed by atoms with Crippen molar-refractivity contribution < 1.29 is 14.3 Å². The number of para-hydroxylation sites is 1. The topological polar surface area (TPSA) is 80.3 Å². The van der Waals surface area contributed by atoms with Crippen LogP contribution in [0.15, 0.2) is 77.1 Å². The average molecular weight is 464 g/mol. The van der Waals surface area contributed by atoms with Crippen molar-refractivity contribution in [2.24, 2.45) is 0 Å². The molecule has 0 saturated heterocycles. The molecule has 8 heteroatoms. The summed E-state index contributed by atoms with van der Waals surface area (Å²) in [6, 6.07) is 22.6.